The van der Waals surface area contributed by atoms with E-state index in [1.807, 2.05) is 61.5 Å². The summed E-state index contributed by atoms with van der Waals surface area (Å²) in [6.45, 7) is 2.62. The van der Waals surface area contributed by atoms with Crippen LogP contribution in [-0.4, -0.2) is 20.6 Å². The van der Waals surface area contributed by atoms with Crippen LogP contribution in [0.3, 0.4) is 0 Å². The van der Waals surface area contributed by atoms with Crippen molar-refractivity contribution in [3.8, 4) is 0 Å². The van der Waals surface area contributed by atoms with Crippen LogP contribution in [0.4, 0.5) is 0 Å². The molecule has 3 rings (SSSR count). The molecule has 1 unspecified atom stereocenters. The number of imidazole rings is 1. The van der Waals surface area contributed by atoms with E-state index in [9.17, 15) is 9.90 Å². The van der Waals surface area contributed by atoms with Gasteiger partial charge in [-0.3, -0.25) is 4.79 Å². The second-order valence-electron chi connectivity index (χ2n) is 5.93. The lowest BCUT2D eigenvalue weighted by Gasteiger charge is -2.14. The highest BCUT2D eigenvalue weighted by Gasteiger charge is 2.17. The lowest BCUT2D eigenvalue weighted by molar-refractivity contribution is -0.121. The quantitative estimate of drug-likeness (QED) is 0.727. The van der Waals surface area contributed by atoms with Gasteiger partial charge in [0.1, 0.15) is 18.5 Å². The summed E-state index contributed by atoms with van der Waals surface area (Å²) in [4.78, 5) is 16.5. The molecule has 1 aromatic heterocycles. The first-order valence-electron chi connectivity index (χ1n) is 8.20. The van der Waals surface area contributed by atoms with Gasteiger partial charge in [0, 0.05) is 18.9 Å². The SMILES string of the molecule is Cc1ccccc1CNC(=O)Cn1ccnc1C(O)c1ccccc1. The molecule has 0 fully saturated rings. The number of aliphatic hydroxyl groups is 1. The average Bonchev–Trinajstić information content (AvgIpc) is 3.09. The van der Waals surface area contributed by atoms with Gasteiger partial charge in [-0.2, -0.15) is 0 Å². The maximum absolute atomic E-state index is 12.3. The molecule has 1 heterocycles. The van der Waals surface area contributed by atoms with Gasteiger partial charge < -0.3 is 15.0 Å². The molecule has 0 aliphatic rings. The number of rotatable bonds is 6. The average molecular weight is 335 g/mol. The summed E-state index contributed by atoms with van der Waals surface area (Å²) in [6.07, 6.45) is 2.44. The van der Waals surface area contributed by atoms with E-state index in [1.54, 1.807) is 17.0 Å². The smallest absolute Gasteiger partial charge is 0.240 e. The standard InChI is InChI=1S/C20H21N3O2/c1-15-7-5-6-10-17(15)13-22-18(24)14-23-12-11-21-20(23)19(25)16-8-3-2-4-9-16/h2-12,19,25H,13-14H2,1H3,(H,22,24). The number of nitrogens with one attached hydrogen (secondary N) is 1. The molecular formula is C20H21N3O2. The van der Waals surface area contributed by atoms with E-state index in [0.717, 1.165) is 16.7 Å². The van der Waals surface area contributed by atoms with Gasteiger partial charge in [-0.25, -0.2) is 4.98 Å². The molecule has 0 bridgehead atoms. The van der Waals surface area contributed by atoms with E-state index in [1.165, 1.54) is 0 Å². The molecule has 0 radical (unpaired) electrons. The third kappa shape index (κ3) is 4.14. The molecule has 0 aliphatic heterocycles. The van der Waals surface area contributed by atoms with Crippen molar-refractivity contribution in [3.05, 3.63) is 89.5 Å². The predicted molar refractivity (Wildman–Crippen MR) is 95.8 cm³/mol. The normalized spacial score (nSPS) is 11.9. The molecule has 5 heteroatoms. The Kier molecular flexibility index (Phi) is 5.26. The molecule has 128 valence electrons. The van der Waals surface area contributed by atoms with Crippen LogP contribution in [0, 0.1) is 6.92 Å². The molecule has 3 aromatic rings. The molecule has 5 nitrogen and oxygen atoms in total. The lowest BCUT2D eigenvalue weighted by Crippen LogP contribution is -2.28. The molecule has 1 amide bonds. The van der Waals surface area contributed by atoms with Crippen molar-refractivity contribution in [1.82, 2.24) is 14.9 Å². The van der Waals surface area contributed by atoms with Crippen LogP contribution in [0.25, 0.3) is 0 Å². The topological polar surface area (TPSA) is 67.2 Å². The van der Waals surface area contributed by atoms with Gasteiger partial charge in [0.2, 0.25) is 5.91 Å². The van der Waals surface area contributed by atoms with Crippen LogP contribution in [0.1, 0.15) is 28.6 Å². The van der Waals surface area contributed by atoms with Crippen molar-refractivity contribution in [2.75, 3.05) is 0 Å². The number of hydrogen-bond donors (Lipinski definition) is 2. The largest absolute Gasteiger partial charge is 0.380 e. The fraction of sp³-hybridized carbons (Fsp3) is 0.200. The fourth-order valence-corrected chi connectivity index (χ4v) is 2.70. The molecule has 0 saturated carbocycles. The molecule has 2 N–H and O–H groups in total. The summed E-state index contributed by atoms with van der Waals surface area (Å²) in [5.41, 5.74) is 2.98. The van der Waals surface area contributed by atoms with Crippen molar-refractivity contribution in [1.29, 1.82) is 0 Å². The molecular weight excluding hydrogens is 314 g/mol. The first-order valence-corrected chi connectivity index (χ1v) is 8.20. The number of nitrogens with zero attached hydrogens (tertiary/aromatic N) is 2. The highest BCUT2D eigenvalue weighted by atomic mass is 16.3. The van der Waals surface area contributed by atoms with Gasteiger partial charge in [0.25, 0.3) is 0 Å². The van der Waals surface area contributed by atoms with Crippen LogP contribution >= 0.6 is 0 Å². The van der Waals surface area contributed by atoms with E-state index >= 15 is 0 Å². The third-order valence-electron chi connectivity index (χ3n) is 4.16. The number of carbonyl (C=O) groups excluding carboxylic acids is 1. The van der Waals surface area contributed by atoms with Gasteiger partial charge in [0.05, 0.1) is 0 Å². The van der Waals surface area contributed by atoms with Crippen molar-refractivity contribution in [2.45, 2.75) is 26.1 Å². The molecule has 0 aliphatic carbocycles. The summed E-state index contributed by atoms with van der Waals surface area (Å²) in [7, 11) is 0. The Bertz CT molecular complexity index is 843. The Morgan fingerprint density at radius 1 is 1.16 bits per heavy atom. The maximum Gasteiger partial charge on any atom is 0.240 e. The number of benzene rings is 2. The van der Waals surface area contributed by atoms with Crippen molar-refractivity contribution in [3.63, 3.8) is 0 Å². The molecule has 0 spiro atoms. The fourth-order valence-electron chi connectivity index (χ4n) is 2.70. The zero-order valence-corrected chi connectivity index (χ0v) is 14.1. The second-order valence-corrected chi connectivity index (χ2v) is 5.93. The Morgan fingerprint density at radius 2 is 1.88 bits per heavy atom. The first kappa shape index (κ1) is 16.9. The number of aryl methyl sites for hydroxylation is 1. The van der Waals surface area contributed by atoms with Crippen LogP contribution in [0.2, 0.25) is 0 Å². The van der Waals surface area contributed by atoms with Crippen molar-refractivity contribution >= 4 is 5.91 Å². The number of hydrogen-bond acceptors (Lipinski definition) is 3. The van der Waals surface area contributed by atoms with Gasteiger partial charge >= 0.3 is 0 Å². The zero-order valence-electron chi connectivity index (χ0n) is 14.1. The van der Waals surface area contributed by atoms with Crippen LogP contribution in [0.15, 0.2) is 67.0 Å². The second kappa shape index (κ2) is 7.77. The van der Waals surface area contributed by atoms with E-state index in [0.29, 0.717) is 12.4 Å². The van der Waals surface area contributed by atoms with Gasteiger partial charge in [-0.05, 0) is 23.6 Å². The van der Waals surface area contributed by atoms with Gasteiger partial charge in [0.15, 0.2) is 0 Å². The number of aliphatic hydroxyl groups excluding tert-OH is 1. The number of amides is 1. The Labute approximate surface area is 147 Å². The summed E-state index contributed by atoms with van der Waals surface area (Å²) >= 11 is 0. The predicted octanol–water partition coefficient (Wildman–Crippen LogP) is 2.59. The van der Waals surface area contributed by atoms with Gasteiger partial charge in [-0.1, -0.05) is 54.6 Å². The Morgan fingerprint density at radius 3 is 2.64 bits per heavy atom. The summed E-state index contributed by atoms with van der Waals surface area (Å²) < 4.78 is 1.67. The minimum Gasteiger partial charge on any atom is -0.380 e. The molecule has 0 saturated heterocycles. The minimum absolute atomic E-state index is 0.116. The third-order valence-corrected chi connectivity index (χ3v) is 4.16. The number of aromatic nitrogens is 2. The molecule has 1 atom stereocenters. The van der Waals surface area contributed by atoms with Crippen LogP contribution in [-0.2, 0) is 17.9 Å². The van der Waals surface area contributed by atoms with Crippen LogP contribution < -0.4 is 5.32 Å². The Hall–Kier alpha value is -2.92. The van der Waals surface area contributed by atoms with E-state index in [4.69, 9.17) is 0 Å². The van der Waals surface area contributed by atoms with Crippen molar-refractivity contribution < 1.29 is 9.90 Å². The summed E-state index contributed by atoms with van der Waals surface area (Å²) in [6, 6.07) is 17.2. The Balaban J connectivity index is 1.65. The summed E-state index contributed by atoms with van der Waals surface area (Å²) in [5.74, 6) is 0.333. The lowest BCUT2D eigenvalue weighted by atomic mass is 10.1. The zero-order chi connectivity index (χ0) is 17.6. The summed E-state index contributed by atoms with van der Waals surface area (Å²) in [5, 5.41) is 13.4. The molecule has 25 heavy (non-hydrogen) atoms. The maximum atomic E-state index is 12.3. The van der Waals surface area contributed by atoms with E-state index in [-0.39, 0.29) is 12.5 Å². The van der Waals surface area contributed by atoms with E-state index < -0.39 is 6.10 Å². The monoisotopic (exact) mass is 335 g/mol. The van der Waals surface area contributed by atoms with Gasteiger partial charge in [-0.15, -0.1) is 0 Å². The highest BCUT2D eigenvalue weighted by Crippen LogP contribution is 2.20. The van der Waals surface area contributed by atoms with Crippen molar-refractivity contribution in [2.24, 2.45) is 0 Å². The van der Waals surface area contributed by atoms with E-state index in [2.05, 4.69) is 10.3 Å². The minimum atomic E-state index is -0.861. The van der Waals surface area contributed by atoms with Crippen LogP contribution in [0.5, 0.6) is 0 Å². The number of carbonyl (C=O) groups is 1. The molecule has 2 aromatic carbocycles. The first-order chi connectivity index (χ1) is 12.1. The highest BCUT2D eigenvalue weighted by molar-refractivity contribution is 5.75.